The number of fused-ring (bicyclic) bond motifs is 1. The predicted molar refractivity (Wildman–Crippen MR) is 73.2 cm³/mol. The van der Waals surface area contributed by atoms with Crippen LogP contribution in [-0.4, -0.2) is 9.55 Å². The summed E-state index contributed by atoms with van der Waals surface area (Å²) in [7, 11) is 1.69. The summed E-state index contributed by atoms with van der Waals surface area (Å²) in [4.78, 5) is 15.5. The molecule has 0 fully saturated rings. The van der Waals surface area contributed by atoms with Crippen LogP contribution in [0.3, 0.4) is 0 Å². The summed E-state index contributed by atoms with van der Waals surface area (Å²) in [6.07, 6.45) is 1.44. The third kappa shape index (κ3) is 2.25. The molecule has 0 saturated carbocycles. The number of aromatic nitrogens is 2. The van der Waals surface area contributed by atoms with Gasteiger partial charge >= 0.3 is 5.76 Å². The number of oxazole rings is 2. The molecule has 0 atom stereocenters. The van der Waals surface area contributed by atoms with Crippen molar-refractivity contribution in [3.8, 4) is 0 Å². The zero-order valence-corrected chi connectivity index (χ0v) is 11.3. The van der Waals surface area contributed by atoms with E-state index in [1.807, 2.05) is 25.1 Å². The molecule has 2 aromatic heterocycles. The highest BCUT2D eigenvalue weighted by Gasteiger charge is 2.07. The molecule has 0 aliphatic heterocycles. The van der Waals surface area contributed by atoms with Gasteiger partial charge in [-0.15, -0.1) is 0 Å². The van der Waals surface area contributed by atoms with Gasteiger partial charge in [-0.2, -0.15) is 0 Å². The van der Waals surface area contributed by atoms with Crippen molar-refractivity contribution in [2.24, 2.45) is 7.05 Å². The first kappa shape index (κ1) is 12.7. The van der Waals surface area contributed by atoms with Gasteiger partial charge in [0, 0.05) is 20.1 Å². The zero-order chi connectivity index (χ0) is 14.1. The van der Waals surface area contributed by atoms with Crippen molar-refractivity contribution in [2.45, 2.75) is 20.0 Å². The van der Waals surface area contributed by atoms with Gasteiger partial charge in [0.25, 0.3) is 0 Å². The van der Waals surface area contributed by atoms with Crippen molar-refractivity contribution in [3.63, 3.8) is 0 Å². The van der Waals surface area contributed by atoms with E-state index >= 15 is 0 Å². The summed E-state index contributed by atoms with van der Waals surface area (Å²) in [6, 6.07) is 5.73. The number of aryl methyl sites for hydroxylation is 2. The smallest absolute Gasteiger partial charge is 0.419 e. The van der Waals surface area contributed by atoms with Gasteiger partial charge in [-0.25, -0.2) is 9.78 Å². The Morgan fingerprint density at radius 2 is 2.20 bits per heavy atom. The fourth-order valence-corrected chi connectivity index (χ4v) is 2.11. The van der Waals surface area contributed by atoms with Crippen LogP contribution in [0, 0.1) is 6.92 Å². The number of rotatable bonds is 4. The van der Waals surface area contributed by atoms with Gasteiger partial charge in [0.15, 0.2) is 12.0 Å². The van der Waals surface area contributed by atoms with Gasteiger partial charge in [0.1, 0.15) is 5.76 Å². The van der Waals surface area contributed by atoms with Crippen LogP contribution in [-0.2, 0) is 20.1 Å². The summed E-state index contributed by atoms with van der Waals surface area (Å²) < 4.78 is 11.8. The Morgan fingerprint density at radius 3 is 2.95 bits per heavy atom. The molecule has 3 aromatic rings. The summed E-state index contributed by atoms with van der Waals surface area (Å²) >= 11 is 0. The van der Waals surface area contributed by atoms with Gasteiger partial charge in [0.2, 0.25) is 0 Å². The molecule has 0 spiro atoms. The van der Waals surface area contributed by atoms with Gasteiger partial charge < -0.3 is 14.2 Å². The van der Waals surface area contributed by atoms with Crippen LogP contribution >= 0.6 is 0 Å². The van der Waals surface area contributed by atoms with Crippen LogP contribution in [0.4, 0.5) is 0 Å². The Labute approximate surface area is 115 Å². The first-order valence-electron chi connectivity index (χ1n) is 6.33. The van der Waals surface area contributed by atoms with E-state index < -0.39 is 0 Å². The second kappa shape index (κ2) is 4.97. The molecular weight excluding hydrogens is 258 g/mol. The lowest BCUT2D eigenvalue weighted by atomic mass is 10.2. The van der Waals surface area contributed by atoms with Gasteiger partial charge in [-0.05, 0) is 24.6 Å². The van der Waals surface area contributed by atoms with Crippen molar-refractivity contribution >= 4 is 11.1 Å². The first-order valence-corrected chi connectivity index (χ1v) is 6.33. The molecule has 1 aromatic carbocycles. The Morgan fingerprint density at radius 1 is 1.35 bits per heavy atom. The molecule has 6 nitrogen and oxygen atoms in total. The van der Waals surface area contributed by atoms with Crippen molar-refractivity contribution in [3.05, 3.63) is 52.2 Å². The molecule has 3 rings (SSSR count). The van der Waals surface area contributed by atoms with Gasteiger partial charge in [-0.1, -0.05) is 6.07 Å². The molecule has 0 unspecified atom stereocenters. The second-order valence-corrected chi connectivity index (χ2v) is 4.69. The molecule has 0 bridgehead atoms. The van der Waals surface area contributed by atoms with Crippen molar-refractivity contribution in [1.82, 2.24) is 14.9 Å². The lowest BCUT2D eigenvalue weighted by Gasteiger charge is -2.03. The maximum atomic E-state index is 11.4. The molecule has 2 heterocycles. The highest BCUT2D eigenvalue weighted by Crippen LogP contribution is 2.14. The van der Waals surface area contributed by atoms with Crippen molar-refractivity contribution in [1.29, 1.82) is 0 Å². The van der Waals surface area contributed by atoms with Crippen molar-refractivity contribution in [2.75, 3.05) is 0 Å². The third-order valence-corrected chi connectivity index (χ3v) is 3.32. The minimum Gasteiger partial charge on any atom is -0.448 e. The van der Waals surface area contributed by atoms with E-state index in [-0.39, 0.29) is 5.76 Å². The SMILES string of the molecule is Cc1ocnc1CNCc1ccc2c(c1)oc(=O)n2C. The molecular formula is C14H15N3O3. The summed E-state index contributed by atoms with van der Waals surface area (Å²) in [6.45, 7) is 3.19. The topological polar surface area (TPSA) is 73.2 Å². The lowest BCUT2D eigenvalue weighted by Crippen LogP contribution is -2.13. The van der Waals surface area contributed by atoms with Gasteiger partial charge in [0.05, 0.1) is 11.2 Å². The standard InChI is InChI=1S/C14H15N3O3/c1-9-11(16-8-19-9)7-15-6-10-3-4-12-13(5-10)20-14(18)17(12)2/h3-5,8,15H,6-7H2,1-2H3. The maximum absolute atomic E-state index is 11.4. The number of nitrogens with zero attached hydrogens (tertiary/aromatic N) is 2. The minimum absolute atomic E-state index is 0.344. The quantitative estimate of drug-likeness (QED) is 0.783. The number of hydrogen-bond donors (Lipinski definition) is 1. The molecule has 0 aliphatic carbocycles. The summed E-state index contributed by atoms with van der Waals surface area (Å²) in [5.74, 6) is 0.477. The third-order valence-electron chi connectivity index (χ3n) is 3.32. The lowest BCUT2D eigenvalue weighted by molar-refractivity contribution is 0.522. The van der Waals surface area contributed by atoms with Crippen LogP contribution in [0.15, 0.2) is 38.2 Å². The number of hydrogen-bond acceptors (Lipinski definition) is 5. The van der Waals surface area contributed by atoms with Crippen LogP contribution in [0.2, 0.25) is 0 Å². The largest absolute Gasteiger partial charge is 0.448 e. The molecule has 1 N–H and O–H groups in total. The van der Waals surface area contributed by atoms with E-state index in [0.717, 1.165) is 22.5 Å². The zero-order valence-electron chi connectivity index (χ0n) is 11.3. The molecule has 0 aliphatic rings. The average molecular weight is 273 g/mol. The molecule has 104 valence electrons. The summed E-state index contributed by atoms with van der Waals surface area (Å²) in [5, 5.41) is 3.28. The molecule has 20 heavy (non-hydrogen) atoms. The van der Waals surface area contributed by atoms with E-state index in [4.69, 9.17) is 8.83 Å². The number of benzene rings is 1. The fraction of sp³-hybridized carbons (Fsp3) is 0.286. The second-order valence-electron chi connectivity index (χ2n) is 4.69. The summed E-state index contributed by atoms with van der Waals surface area (Å²) in [5.41, 5.74) is 3.35. The Bertz CT molecular complexity index is 797. The molecule has 0 saturated heterocycles. The van der Waals surface area contributed by atoms with Crippen LogP contribution in [0.5, 0.6) is 0 Å². The van der Waals surface area contributed by atoms with E-state index in [0.29, 0.717) is 18.7 Å². The van der Waals surface area contributed by atoms with Crippen LogP contribution in [0.1, 0.15) is 17.0 Å². The maximum Gasteiger partial charge on any atom is 0.419 e. The Balaban J connectivity index is 1.72. The van der Waals surface area contributed by atoms with Gasteiger partial charge in [-0.3, -0.25) is 4.57 Å². The molecule has 0 amide bonds. The van der Waals surface area contributed by atoms with Crippen molar-refractivity contribution < 1.29 is 8.83 Å². The highest BCUT2D eigenvalue weighted by atomic mass is 16.4. The van der Waals surface area contributed by atoms with E-state index in [2.05, 4.69) is 10.3 Å². The average Bonchev–Trinajstić information content (AvgIpc) is 2.95. The van der Waals surface area contributed by atoms with E-state index in [1.165, 1.54) is 11.0 Å². The van der Waals surface area contributed by atoms with E-state index in [1.54, 1.807) is 7.05 Å². The predicted octanol–water partition coefficient (Wildman–Crippen LogP) is 1.72. The molecule has 6 heteroatoms. The van der Waals surface area contributed by atoms with E-state index in [9.17, 15) is 4.79 Å². The minimum atomic E-state index is -0.344. The molecule has 0 radical (unpaired) electrons. The van der Waals surface area contributed by atoms with Crippen LogP contribution in [0.25, 0.3) is 11.1 Å². The van der Waals surface area contributed by atoms with Crippen LogP contribution < -0.4 is 11.1 Å². The monoisotopic (exact) mass is 273 g/mol. The first-order chi connectivity index (χ1) is 9.65. The fourth-order valence-electron chi connectivity index (χ4n) is 2.11. The normalized spacial score (nSPS) is 11.3. The Kier molecular flexibility index (Phi) is 3.15. The Hall–Kier alpha value is -2.34. The highest BCUT2D eigenvalue weighted by molar-refractivity contribution is 5.73. The number of nitrogens with one attached hydrogen (secondary N) is 1.